The molecule has 0 unspecified atom stereocenters. The number of fused-ring (bicyclic) bond motifs is 1. The molecule has 4 nitrogen and oxygen atoms in total. The van der Waals surface area contributed by atoms with Crippen LogP contribution in [0.4, 0.5) is 5.69 Å². The van der Waals surface area contributed by atoms with E-state index in [1.807, 2.05) is 30.3 Å². The third kappa shape index (κ3) is 3.09. The highest BCUT2D eigenvalue weighted by atomic mass is 35.5. The largest absolute Gasteiger partial charge is 0.276 e. The van der Waals surface area contributed by atoms with Crippen molar-refractivity contribution in [2.75, 3.05) is 4.90 Å². The predicted octanol–water partition coefficient (Wildman–Crippen LogP) is 4.27. The van der Waals surface area contributed by atoms with Crippen LogP contribution in [0.3, 0.4) is 0 Å². The molecule has 3 aromatic rings. The Hall–Kier alpha value is -3.68. The average Bonchev–Trinajstić information content (AvgIpc) is 2.98. The maximum Gasteiger partial charge on any atom is 0.267 e. The van der Waals surface area contributed by atoms with Gasteiger partial charge in [-0.15, -0.1) is 0 Å². The lowest BCUT2D eigenvalue weighted by Crippen LogP contribution is -2.29. The second-order valence-electron chi connectivity index (χ2n) is 6.11. The minimum absolute atomic E-state index is 0.286. The Balaban J connectivity index is 1.73. The highest BCUT2D eigenvalue weighted by Crippen LogP contribution is 2.30. The zero-order valence-corrected chi connectivity index (χ0v) is 15.2. The first kappa shape index (κ1) is 17.7. The minimum Gasteiger partial charge on any atom is -0.276 e. The molecule has 3 aromatic carbocycles. The fourth-order valence-corrected chi connectivity index (χ4v) is 3.15. The summed E-state index contributed by atoms with van der Waals surface area (Å²) in [4.78, 5) is 38.1. The highest BCUT2D eigenvalue weighted by Gasteiger charge is 2.38. The summed E-state index contributed by atoms with van der Waals surface area (Å²) in [6.45, 7) is 0. The molecule has 1 aliphatic heterocycles. The molecule has 0 saturated heterocycles. The first-order valence-corrected chi connectivity index (χ1v) is 8.83. The fourth-order valence-electron chi connectivity index (χ4n) is 3.03. The van der Waals surface area contributed by atoms with Gasteiger partial charge in [-0.25, -0.2) is 4.90 Å². The normalized spacial score (nSPS) is 12.4. The highest BCUT2D eigenvalue weighted by molar-refractivity contribution is 6.67. The van der Waals surface area contributed by atoms with Crippen molar-refractivity contribution in [3.63, 3.8) is 0 Å². The van der Waals surface area contributed by atoms with Crippen molar-refractivity contribution < 1.29 is 14.4 Å². The summed E-state index contributed by atoms with van der Waals surface area (Å²) in [7, 11) is 0. The molecule has 4 rings (SSSR count). The van der Waals surface area contributed by atoms with Crippen LogP contribution in [0.25, 0.3) is 0 Å². The first-order chi connectivity index (χ1) is 13.6. The van der Waals surface area contributed by atoms with Crippen molar-refractivity contribution in [3.8, 4) is 11.8 Å². The van der Waals surface area contributed by atoms with Crippen molar-refractivity contribution in [3.05, 3.63) is 101 Å². The molecule has 0 aromatic heterocycles. The van der Waals surface area contributed by atoms with Crippen molar-refractivity contribution >= 4 is 34.3 Å². The molecular formula is C23H12ClNO3. The molecule has 0 fully saturated rings. The van der Waals surface area contributed by atoms with Crippen LogP contribution in [0.15, 0.2) is 72.8 Å². The Kier molecular flexibility index (Phi) is 4.52. The number of hydrogen-bond acceptors (Lipinski definition) is 3. The molecule has 0 spiro atoms. The Morgan fingerprint density at radius 2 is 1.50 bits per heavy atom. The number of anilines is 1. The van der Waals surface area contributed by atoms with Crippen LogP contribution in [0.5, 0.6) is 0 Å². The number of imide groups is 1. The molecule has 0 N–H and O–H groups in total. The monoisotopic (exact) mass is 385 g/mol. The van der Waals surface area contributed by atoms with Gasteiger partial charge in [0, 0.05) is 16.7 Å². The fraction of sp³-hybridized carbons (Fsp3) is 0. The molecule has 2 amide bonds. The zero-order chi connectivity index (χ0) is 19.7. The molecule has 1 aliphatic rings. The maximum atomic E-state index is 13.0. The predicted molar refractivity (Wildman–Crippen MR) is 107 cm³/mol. The van der Waals surface area contributed by atoms with Crippen LogP contribution in [0.2, 0.25) is 0 Å². The molecule has 0 atom stereocenters. The minimum atomic E-state index is -0.604. The van der Waals surface area contributed by atoms with E-state index in [1.54, 1.807) is 18.2 Å². The van der Waals surface area contributed by atoms with Crippen molar-refractivity contribution in [1.82, 2.24) is 0 Å². The molecule has 0 saturated carbocycles. The van der Waals surface area contributed by atoms with Gasteiger partial charge in [0.15, 0.2) is 0 Å². The van der Waals surface area contributed by atoms with Gasteiger partial charge in [0.1, 0.15) is 0 Å². The van der Waals surface area contributed by atoms with E-state index in [-0.39, 0.29) is 11.1 Å². The lowest BCUT2D eigenvalue weighted by molar-refractivity contribution is 0.0925. The maximum absolute atomic E-state index is 13.0. The van der Waals surface area contributed by atoms with E-state index in [1.165, 1.54) is 24.3 Å². The molecule has 1 heterocycles. The molecule has 5 heteroatoms. The smallest absolute Gasteiger partial charge is 0.267 e. The Bertz CT molecular complexity index is 1170. The van der Waals surface area contributed by atoms with E-state index in [2.05, 4.69) is 11.8 Å². The van der Waals surface area contributed by atoms with E-state index in [0.717, 1.165) is 10.5 Å². The van der Waals surface area contributed by atoms with Crippen molar-refractivity contribution in [2.24, 2.45) is 0 Å². The third-order valence-corrected chi connectivity index (χ3v) is 4.60. The van der Waals surface area contributed by atoms with Gasteiger partial charge < -0.3 is 0 Å². The number of hydrogen-bond donors (Lipinski definition) is 0. The van der Waals surface area contributed by atoms with Gasteiger partial charge in [-0.3, -0.25) is 14.4 Å². The van der Waals surface area contributed by atoms with E-state index >= 15 is 0 Å². The van der Waals surface area contributed by atoms with Crippen LogP contribution >= 0.6 is 11.6 Å². The summed E-state index contributed by atoms with van der Waals surface area (Å²) in [5, 5.41) is -0.604. The Morgan fingerprint density at radius 1 is 0.786 bits per heavy atom. The van der Waals surface area contributed by atoms with E-state index in [0.29, 0.717) is 16.8 Å². The second kappa shape index (κ2) is 7.15. The van der Waals surface area contributed by atoms with E-state index < -0.39 is 17.1 Å². The quantitative estimate of drug-likeness (QED) is 0.376. The van der Waals surface area contributed by atoms with Crippen LogP contribution in [0.1, 0.15) is 42.2 Å². The van der Waals surface area contributed by atoms with Crippen LogP contribution in [-0.4, -0.2) is 17.1 Å². The average molecular weight is 386 g/mol. The van der Waals surface area contributed by atoms with E-state index in [9.17, 15) is 14.4 Å². The molecule has 134 valence electrons. The van der Waals surface area contributed by atoms with Crippen molar-refractivity contribution in [1.29, 1.82) is 0 Å². The van der Waals surface area contributed by atoms with Gasteiger partial charge in [-0.05, 0) is 60.1 Å². The molecule has 28 heavy (non-hydrogen) atoms. The van der Waals surface area contributed by atoms with Gasteiger partial charge in [0.2, 0.25) is 0 Å². The summed E-state index contributed by atoms with van der Waals surface area (Å²) in [6, 6.07) is 20.4. The van der Waals surface area contributed by atoms with Crippen LogP contribution in [-0.2, 0) is 0 Å². The second-order valence-corrected chi connectivity index (χ2v) is 6.45. The van der Waals surface area contributed by atoms with Crippen molar-refractivity contribution in [2.45, 2.75) is 0 Å². The Labute approximate surface area is 166 Å². The standard InChI is InChI=1S/C23H12ClNO3/c24-21(26)17-11-13-18(14-12-17)25-22(27)19-8-4-7-16(20(19)23(25)28)10-9-15-5-2-1-3-6-15/h1-8,11-14H. The first-order valence-electron chi connectivity index (χ1n) is 8.45. The molecule has 0 aliphatic carbocycles. The van der Waals surface area contributed by atoms with Gasteiger partial charge in [-0.2, -0.15) is 0 Å². The number of amides is 2. The number of rotatable bonds is 2. The molecule has 0 bridgehead atoms. The summed E-state index contributed by atoms with van der Waals surface area (Å²) in [5.41, 5.74) is 2.56. The summed E-state index contributed by atoms with van der Waals surface area (Å²) in [5.74, 6) is 5.15. The third-order valence-electron chi connectivity index (χ3n) is 4.38. The lowest BCUT2D eigenvalue weighted by Gasteiger charge is -2.13. The van der Waals surface area contributed by atoms with Gasteiger partial charge in [0.05, 0.1) is 16.8 Å². The number of halogens is 1. The summed E-state index contributed by atoms with van der Waals surface area (Å²) >= 11 is 5.45. The SMILES string of the molecule is O=C(Cl)c1ccc(N2C(=O)c3cccc(C#Cc4ccccc4)c3C2=O)cc1. The summed E-state index contributed by atoms with van der Waals surface area (Å²) in [6.07, 6.45) is 0. The number of carbonyl (C=O) groups excluding carboxylic acids is 3. The number of nitrogens with zero attached hydrogens (tertiary/aromatic N) is 1. The topological polar surface area (TPSA) is 54.5 Å². The van der Waals surface area contributed by atoms with Gasteiger partial charge >= 0.3 is 0 Å². The van der Waals surface area contributed by atoms with Crippen LogP contribution < -0.4 is 4.90 Å². The summed E-state index contributed by atoms with van der Waals surface area (Å²) < 4.78 is 0. The zero-order valence-electron chi connectivity index (χ0n) is 14.5. The van der Waals surface area contributed by atoms with Crippen LogP contribution in [0, 0.1) is 11.8 Å². The van der Waals surface area contributed by atoms with Gasteiger partial charge in [-0.1, -0.05) is 36.1 Å². The van der Waals surface area contributed by atoms with E-state index in [4.69, 9.17) is 11.6 Å². The number of carbonyl (C=O) groups is 3. The van der Waals surface area contributed by atoms with Gasteiger partial charge in [0.25, 0.3) is 17.1 Å². The molecular weight excluding hydrogens is 374 g/mol. The molecule has 0 radical (unpaired) electrons. The Morgan fingerprint density at radius 3 is 2.18 bits per heavy atom. The lowest BCUT2D eigenvalue weighted by atomic mass is 10.0. The number of benzene rings is 3.